The Bertz CT molecular complexity index is 1080. The van der Waals surface area contributed by atoms with Gasteiger partial charge in [0.25, 0.3) is 11.8 Å². The zero-order valence-electron chi connectivity index (χ0n) is 25.8. The molecule has 13 heteroatoms. The number of carbonyl (C=O) groups is 2. The molecule has 0 aromatic heterocycles. The minimum atomic E-state index is -3.44. The number of hydrogen-bond acceptors (Lipinski definition) is 9. The van der Waals surface area contributed by atoms with Gasteiger partial charge in [0, 0.05) is 24.8 Å². The van der Waals surface area contributed by atoms with Gasteiger partial charge in [0.1, 0.15) is 12.9 Å². The third-order valence-corrected chi connectivity index (χ3v) is 8.99. The molecule has 0 aromatic rings. The Morgan fingerprint density at radius 2 is 1.84 bits per heavy atom. The topological polar surface area (TPSA) is 164 Å². The summed E-state index contributed by atoms with van der Waals surface area (Å²) in [5.74, 6) is -7.95. The molecule has 0 bridgehead atoms. The number of carboxylic acid groups (broad SMARTS) is 1. The number of alkyl halides is 2. The van der Waals surface area contributed by atoms with E-state index in [9.17, 15) is 24.9 Å². The van der Waals surface area contributed by atoms with Crippen molar-refractivity contribution in [1.29, 1.82) is 0 Å². The number of carboxylic acids is 1. The highest BCUT2D eigenvalue weighted by Gasteiger charge is 2.66. The number of hydrogen-bond donors (Lipinski definition) is 5. The van der Waals surface area contributed by atoms with Crippen molar-refractivity contribution in [2.45, 2.75) is 127 Å². The Morgan fingerprint density at radius 1 is 1.14 bits per heavy atom. The van der Waals surface area contributed by atoms with Crippen LogP contribution >= 0.6 is 0 Å². The summed E-state index contributed by atoms with van der Waals surface area (Å²) in [6.07, 6.45) is -0.386. The number of aliphatic hydroxyl groups excluding tert-OH is 2. The number of aliphatic carboxylic acids is 1. The number of rotatable bonds is 13. The normalized spacial score (nSPS) is 34.9. The van der Waals surface area contributed by atoms with Crippen LogP contribution in [0.25, 0.3) is 0 Å². The molecule has 3 fully saturated rings. The predicted octanol–water partition coefficient (Wildman–Crippen LogP) is 3.18. The first-order valence-corrected chi connectivity index (χ1v) is 15.1. The van der Waals surface area contributed by atoms with Crippen LogP contribution in [0.5, 0.6) is 0 Å². The second-order valence-corrected chi connectivity index (χ2v) is 12.6. The summed E-state index contributed by atoms with van der Waals surface area (Å²) in [5.41, 5.74) is -1.16. The summed E-state index contributed by atoms with van der Waals surface area (Å²) in [7, 11) is 0. The van der Waals surface area contributed by atoms with Gasteiger partial charge in [-0.25, -0.2) is 13.6 Å². The van der Waals surface area contributed by atoms with E-state index >= 15 is 8.78 Å². The van der Waals surface area contributed by atoms with Gasteiger partial charge in [0.2, 0.25) is 5.79 Å². The van der Waals surface area contributed by atoms with Crippen LogP contribution in [0.1, 0.15) is 72.6 Å². The molecule has 0 aromatic carbocycles. The van der Waals surface area contributed by atoms with Gasteiger partial charge >= 0.3 is 5.97 Å². The van der Waals surface area contributed by atoms with E-state index in [1.807, 2.05) is 13.0 Å². The zero-order valence-corrected chi connectivity index (χ0v) is 25.8. The van der Waals surface area contributed by atoms with Gasteiger partial charge < -0.3 is 44.7 Å². The molecule has 3 aliphatic heterocycles. The van der Waals surface area contributed by atoms with Crippen molar-refractivity contribution in [2.24, 2.45) is 11.3 Å². The number of ether oxygens (including phenoxy) is 4. The highest BCUT2D eigenvalue weighted by atomic mass is 19.3. The first-order chi connectivity index (χ1) is 20.5. The van der Waals surface area contributed by atoms with E-state index in [0.717, 1.165) is 25.3 Å². The minimum absolute atomic E-state index is 0.0965. The van der Waals surface area contributed by atoms with Crippen LogP contribution in [-0.4, -0.2) is 93.7 Å². The number of aliphatic hydroxyl groups is 3. The van der Waals surface area contributed by atoms with E-state index in [1.54, 1.807) is 13.0 Å². The first-order valence-electron chi connectivity index (χ1n) is 15.1. The third-order valence-electron chi connectivity index (χ3n) is 8.99. The van der Waals surface area contributed by atoms with Gasteiger partial charge in [-0.3, -0.25) is 4.79 Å². The van der Waals surface area contributed by atoms with E-state index in [2.05, 4.69) is 11.9 Å². The number of allylic oxidation sites excluding steroid dienone is 3. The fourth-order valence-electron chi connectivity index (χ4n) is 5.77. The number of fused-ring (bicyclic) bond motifs is 1. The van der Waals surface area contributed by atoms with E-state index < -0.39 is 78.6 Å². The van der Waals surface area contributed by atoms with Crippen molar-refractivity contribution >= 4 is 11.9 Å². The van der Waals surface area contributed by atoms with Crippen molar-refractivity contribution in [3.05, 3.63) is 36.5 Å². The lowest BCUT2D eigenvalue weighted by Crippen LogP contribution is -2.71. The van der Waals surface area contributed by atoms with E-state index in [-0.39, 0.29) is 18.8 Å². The number of nitrogens with one attached hydrogen (secondary N) is 1. The number of halogens is 2. The zero-order chi connectivity index (χ0) is 32.9. The maximum atomic E-state index is 15.9. The summed E-state index contributed by atoms with van der Waals surface area (Å²) in [6, 6.07) is 0. The molecule has 3 saturated heterocycles. The van der Waals surface area contributed by atoms with Crippen LogP contribution in [0.3, 0.4) is 0 Å². The smallest absolute Gasteiger partial charge is 0.328 e. The maximum absolute atomic E-state index is 15.9. The molecule has 5 N–H and O–H groups in total. The average Bonchev–Trinajstić information content (AvgIpc) is 2.93. The average molecular weight is 632 g/mol. The quantitative estimate of drug-likeness (QED) is 0.0883. The van der Waals surface area contributed by atoms with Crippen LogP contribution in [0.4, 0.5) is 8.78 Å². The molecule has 3 rings (SSSR count). The van der Waals surface area contributed by atoms with E-state index in [0.29, 0.717) is 18.4 Å². The summed E-state index contributed by atoms with van der Waals surface area (Å²) < 4.78 is 54.1. The fraction of sp³-hybridized carbons (Fsp3) is 0.742. The molecule has 0 aliphatic carbocycles. The molecule has 3 aliphatic rings. The Kier molecular flexibility index (Phi) is 12.3. The Hall–Kier alpha value is -2.26. The van der Waals surface area contributed by atoms with Crippen molar-refractivity contribution in [3.8, 4) is 0 Å². The molecule has 3 heterocycles. The van der Waals surface area contributed by atoms with Crippen LogP contribution < -0.4 is 5.32 Å². The van der Waals surface area contributed by atoms with Gasteiger partial charge in [-0.05, 0) is 26.2 Å². The van der Waals surface area contributed by atoms with Crippen molar-refractivity contribution < 1.29 is 57.7 Å². The highest BCUT2D eigenvalue weighted by molar-refractivity contribution is 5.82. The summed E-state index contributed by atoms with van der Waals surface area (Å²) in [6.45, 7) is 9.52. The lowest BCUT2D eigenvalue weighted by molar-refractivity contribution is -0.372. The molecule has 11 nitrogen and oxygen atoms in total. The Balaban J connectivity index is 1.60. The van der Waals surface area contributed by atoms with E-state index in [1.165, 1.54) is 19.9 Å². The van der Waals surface area contributed by atoms with Gasteiger partial charge in [-0.2, -0.15) is 0 Å². The number of amides is 1. The lowest BCUT2D eigenvalue weighted by Gasteiger charge is -2.54. The molecule has 44 heavy (non-hydrogen) atoms. The van der Waals surface area contributed by atoms with Gasteiger partial charge in [-0.1, -0.05) is 64.0 Å². The number of unbranched alkanes of at least 4 members (excludes halogenated alkanes) is 3. The molecular formula is C31H47F2NO10. The first kappa shape index (κ1) is 36.2. The third kappa shape index (κ3) is 8.31. The SMILES string of the molecule is C=C1C[C@](O)(C(O)C(=O)NC2OCO[C@H]3[C@@H]2OC(CC(O)CCCCC/C=C/C=C/C(=O)O)C(C)(C)C3(F)F)OC(C)C1C. The van der Waals surface area contributed by atoms with E-state index in [4.69, 9.17) is 24.1 Å². The molecule has 9 atom stereocenters. The standard InChI is InChI=1S/C31H47F2NO10/c1-18-16-30(40,44-20(3)19(18)2)25(38)27(39)34-28-24-26(41-17-42-28)31(32,33)29(4,5)22(43-24)15-21(35)13-11-9-7-6-8-10-12-14-23(36)37/h8,10,12,14,19-22,24-26,28,35,38,40H,1,6-7,9,11,13,15-17H2,2-5H3,(H,34,39)(H,36,37)/b10-8+,14-12+/t19?,20?,21?,22?,24-,25?,26-,28?,30+/m0/s1. The summed E-state index contributed by atoms with van der Waals surface area (Å²) in [4.78, 5) is 23.5. The summed E-state index contributed by atoms with van der Waals surface area (Å²) >= 11 is 0. The van der Waals surface area contributed by atoms with Crippen molar-refractivity contribution in [1.82, 2.24) is 5.32 Å². The molecule has 6 unspecified atom stereocenters. The van der Waals surface area contributed by atoms with Crippen LogP contribution in [0.15, 0.2) is 36.5 Å². The second kappa shape index (κ2) is 14.9. The maximum Gasteiger partial charge on any atom is 0.328 e. The van der Waals surface area contributed by atoms with Gasteiger partial charge in [-0.15, -0.1) is 0 Å². The molecule has 0 radical (unpaired) electrons. The monoisotopic (exact) mass is 631 g/mol. The van der Waals surface area contributed by atoms with Gasteiger partial charge in [0.15, 0.2) is 18.4 Å². The molecule has 0 spiro atoms. The highest BCUT2D eigenvalue weighted by Crippen LogP contribution is 2.52. The summed E-state index contributed by atoms with van der Waals surface area (Å²) in [5, 5.41) is 43.3. The minimum Gasteiger partial charge on any atom is -0.478 e. The van der Waals surface area contributed by atoms with Gasteiger partial charge in [0.05, 0.1) is 23.7 Å². The van der Waals surface area contributed by atoms with Crippen LogP contribution in [0, 0.1) is 11.3 Å². The predicted molar refractivity (Wildman–Crippen MR) is 154 cm³/mol. The second-order valence-electron chi connectivity index (χ2n) is 12.6. The molecule has 1 amide bonds. The molecule has 250 valence electrons. The van der Waals surface area contributed by atoms with Crippen LogP contribution in [0.2, 0.25) is 0 Å². The van der Waals surface area contributed by atoms with Crippen LogP contribution in [-0.2, 0) is 28.5 Å². The van der Waals surface area contributed by atoms with Crippen molar-refractivity contribution in [2.75, 3.05) is 6.79 Å². The Morgan fingerprint density at radius 3 is 2.50 bits per heavy atom. The fourth-order valence-corrected chi connectivity index (χ4v) is 5.77. The Labute approximate surface area is 256 Å². The van der Waals surface area contributed by atoms with Crippen molar-refractivity contribution in [3.63, 3.8) is 0 Å². The molecular weight excluding hydrogens is 584 g/mol. The number of carbonyl (C=O) groups excluding carboxylic acids is 1. The largest absolute Gasteiger partial charge is 0.478 e. The lowest BCUT2D eigenvalue weighted by atomic mass is 9.71. The molecule has 0 saturated carbocycles.